The lowest BCUT2D eigenvalue weighted by Gasteiger charge is -2.23. The molecule has 2 aromatic carbocycles. The Hall–Kier alpha value is -3.48. The molecule has 1 fully saturated rings. The van der Waals surface area contributed by atoms with Crippen molar-refractivity contribution < 1.29 is 18.9 Å². The molecule has 0 spiro atoms. The Labute approximate surface area is 179 Å². The highest BCUT2D eigenvalue weighted by Crippen LogP contribution is 2.35. The molecule has 1 heterocycles. The number of aliphatic imine (C=N–C) groups is 1. The Bertz CT molecular complexity index is 1150. The summed E-state index contributed by atoms with van der Waals surface area (Å²) in [6, 6.07) is 11.6. The molecule has 0 radical (unpaired) electrons. The molecule has 0 amide bonds. The highest BCUT2D eigenvalue weighted by Gasteiger charge is 2.26. The molecular weight excluding hydrogens is 396 g/mol. The zero-order valence-electron chi connectivity index (χ0n) is 17.6. The average molecular weight is 420 g/mol. The summed E-state index contributed by atoms with van der Waals surface area (Å²) in [5, 5.41) is 11.9. The second-order valence-corrected chi connectivity index (χ2v) is 7.86. The molecule has 3 aromatic rings. The van der Waals surface area contributed by atoms with Gasteiger partial charge in [0.05, 0.1) is 29.0 Å². The zero-order valence-corrected chi connectivity index (χ0v) is 17.6. The van der Waals surface area contributed by atoms with Crippen molar-refractivity contribution in [3.63, 3.8) is 0 Å². The smallest absolute Gasteiger partial charge is 0.337 e. The van der Waals surface area contributed by atoms with Crippen LogP contribution in [0.15, 0.2) is 51.9 Å². The van der Waals surface area contributed by atoms with E-state index in [1.165, 1.54) is 19.6 Å². The molecular formula is C24H24N2O5. The minimum absolute atomic E-state index is 0.0394. The van der Waals surface area contributed by atoms with E-state index < -0.39 is 10.9 Å². The first-order valence-corrected chi connectivity index (χ1v) is 10.4. The maximum atomic E-state index is 11.7. The number of nitro benzene ring substituents is 1. The van der Waals surface area contributed by atoms with Crippen molar-refractivity contribution in [2.75, 3.05) is 7.11 Å². The van der Waals surface area contributed by atoms with Crippen molar-refractivity contribution >= 4 is 34.0 Å². The van der Waals surface area contributed by atoms with E-state index in [1.807, 2.05) is 6.92 Å². The van der Waals surface area contributed by atoms with E-state index in [9.17, 15) is 14.9 Å². The molecule has 1 saturated carbocycles. The van der Waals surface area contributed by atoms with Crippen LogP contribution in [0.2, 0.25) is 0 Å². The summed E-state index contributed by atoms with van der Waals surface area (Å²) < 4.78 is 10.9. The molecule has 4 rings (SSSR count). The molecule has 1 aromatic heterocycles. The van der Waals surface area contributed by atoms with Gasteiger partial charge >= 0.3 is 5.97 Å². The number of methoxy groups -OCH3 is 1. The number of carbonyl (C=O) groups is 1. The molecule has 31 heavy (non-hydrogen) atoms. The van der Waals surface area contributed by atoms with Crippen LogP contribution >= 0.6 is 0 Å². The lowest BCUT2D eigenvalue weighted by molar-refractivity contribution is -0.384. The van der Waals surface area contributed by atoms with Crippen molar-refractivity contribution in [1.82, 2.24) is 0 Å². The highest BCUT2D eigenvalue weighted by molar-refractivity contribution is 6.06. The molecule has 0 unspecified atom stereocenters. The standard InChI is InChI=1S/C24H24N2O5/c1-15-20-14-19(26(28)29)12-13-21(20)31-23(15)22(16-6-4-3-5-7-16)25-18-10-8-17(9-11-18)24(27)30-2/h8-14,16H,3-7H2,1-2H3. The lowest BCUT2D eigenvalue weighted by atomic mass is 9.84. The van der Waals surface area contributed by atoms with E-state index >= 15 is 0 Å². The number of nitrogens with zero attached hydrogens (tertiary/aromatic N) is 2. The monoisotopic (exact) mass is 420 g/mol. The van der Waals surface area contributed by atoms with Gasteiger partial charge in [-0.05, 0) is 50.1 Å². The van der Waals surface area contributed by atoms with Crippen LogP contribution in [-0.2, 0) is 4.74 Å². The van der Waals surface area contributed by atoms with Gasteiger partial charge in [0, 0.05) is 29.0 Å². The Morgan fingerprint density at radius 1 is 1.13 bits per heavy atom. The van der Waals surface area contributed by atoms with E-state index in [4.69, 9.17) is 14.1 Å². The molecule has 7 heteroatoms. The van der Waals surface area contributed by atoms with Gasteiger partial charge in [-0.1, -0.05) is 19.3 Å². The second kappa shape index (κ2) is 8.71. The summed E-state index contributed by atoms with van der Waals surface area (Å²) in [7, 11) is 1.35. The summed E-state index contributed by atoms with van der Waals surface area (Å²) in [6.07, 6.45) is 5.53. The number of aryl methyl sites for hydroxylation is 1. The Morgan fingerprint density at radius 2 is 1.84 bits per heavy atom. The van der Waals surface area contributed by atoms with Gasteiger partial charge in [-0.3, -0.25) is 10.1 Å². The fourth-order valence-electron chi connectivity index (χ4n) is 4.20. The number of hydrogen-bond acceptors (Lipinski definition) is 6. The largest absolute Gasteiger partial charge is 0.465 e. The van der Waals surface area contributed by atoms with Crippen molar-refractivity contribution in [1.29, 1.82) is 0 Å². The van der Waals surface area contributed by atoms with Gasteiger partial charge in [0.15, 0.2) is 5.76 Å². The number of nitro groups is 1. The SMILES string of the molecule is COC(=O)c1ccc(N=C(c2oc3ccc([N+](=O)[O-])cc3c2C)C2CCCCC2)cc1. The summed E-state index contributed by atoms with van der Waals surface area (Å²) in [5.41, 5.74) is 3.56. The van der Waals surface area contributed by atoms with Gasteiger partial charge in [0.2, 0.25) is 0 Å². The van der Waals surface area contributed by atoms with Gasteiger partial charge in [0.1, 0.15) is 5.58 Å². The third-order valence-corrected chi connectivity index (χ3v) is 5.89. The second-order valence-electron chi connectivity index (χ2n) is 7.86. The van der Waals surface area contributed by atoms with Crippen LogP contribution in [-0.4, -0.2) is 23.7 Å². The predicted octanol–water partition coefficient (Wildman–Crippen LogP) is 6.14. The summed E-state index contributed by atoms with van der Waals surface area (Å²) in [5.74, 6) is 0.542. The molecule has 0 atom stereocenters. The molecule has 7 nitrogen and oxygen atoms in total. The van der Waals surface area contributed by atoms with Gasteiger partial charge in [-0.2, -0.15) is 0 Å². The molecule has 0 bridgehead atoms. The Morgan fingerprint density at radius 3 is 2.48 bits per heavy atom. The normalized spacial score (nSPS) is 15.2. The fourth-order valence-corrected chi connectivity index (χ4v) is 4.20. The number of carbonyl (C=O) groups excluding carboxylic acids is 1. The molecule has 1 aliphatic carbocycles. The number of non-ortho nitro benzene ring substituents is 1. The van der Waals surface area contributed by atoms with E-state index in [0.717, 1.165) is 48.0 Å². The number of benzene rings is 2. The highest BCUT2D eigenvalue weighted by atomic mass is 16.6. The molecule has 0 saturated heterocycles. The fraction of sp³-hybridized carbons (Fsp3) is 0.333. The predicted molar refractivity (Wildman–Crippen MR) is 118 cm³/mol. The van der Waals surface area contributed by atoms with E-state index in [0.29, 0.717) is 16.9 Å². The first-order valence-electron chi connectivity index (χ1n) is 10.4. The van der Waals surface area contributed by atoms with Gasteiger partial charge in [0.25, 0.3) is 5.69 Å². The summed E-state index contributed by atoms with van der Waals surface area (Å²) in [6.45, 7) is 1.92. The lowest BCUT2D eigenvalue weighted by Crippen LogP contribution is -2.19. The molecule has 0 N–H and O–H groups in total. The van der Waals surface area contributed by atoms with Crippen molar-refractivity contribution in [3.05, 3.63) is 69.5 Å². The van der Waals surface area contributed by atoms with E-state index in [2.05, 4.69) is 0 Å². The van der Waals surface area contributed by atoms with Gasteiger partial charge in [-0.15, -0.1) is 0 Å². The molecule has 1 aliphatic rings. The minimum Gasteiger partial charge on any atom is -0.465 e. The van der Waals surface area contributed by atoms with Gasteiger partial charge < -0.3 is 9.15 Å². The van der Waals surface area contributed by atoms with E-state index in [1.54, 1.807) is 36.4 Å². The van der Waals surface area contributed by atoms with Crippen LogP contribution in [0.5, 0.6) is 0 Å². The van der Waals surface area contributed by atoms with Crippen LogP contribution in [0.4, 0.5) is 11.4 Å². The molecule has 160 valence electrons. The maximum absolute atomic E-state index is 11.7. The van der Waals surface area contributed by atoms with Crippen LogP contribution in [0, 0.1) is 23.0 Å². The first kappa shape index (κ1) is 20.8. The van der Waals surface area contributed by atoms with Crippen molar-refractivity contribution in [2.45, 2.75) is 39.0 Å². The maximum Gasteiger partial charge on any atom is 0.337 e. The third kappa shape index (κ3) is 4.21. The number of esters is 1. The zero-order chi connectivity index (χ0) is 22.0. The topological polar surface area (TPSA) is 94.9 Å². The molecule has 0 aliphatic heterocycles. The summed E-state index contributed by atoms with van der Waals surface area (Å²) in [4.78, 5) is 27.4. The number of rotatable bonds is 5. The summed E-state index contributed by atoms with van der Waals surface area (Å²) >= 11 is 0. The number of hydrogen-bond donors (Lipinski definition) is 0. The number of ether oxygens (including phenoxy) is 1. The number of furan rings is 1. The first-order chi connectivity index (χ1) is 15.0. The van der Waals surface area contributed by atoms with Crippen molar-refractivity contribution in [2.24, 2.45) is 10.9 Å². The quantitative estimate of drug-likeness (QED) is 0.214. The van der Waals surface area contributed by atoms with Crippen LogP contribution in [0.3, 0.4) is 0 Å². The minimum atomic E-state index is -0.398. The Kier molecular flexibility index (Phi) is 5.84. The van der Waals surface area contributed by atoms with Crippen LogP contribution < -0.4 is 0 Å². The van der Waals surface area contributed by atoms with Gasteiger partial charge in [-0.25, -0.2) is 9.79 Å². The van der Waals surface area contributed by atoms with Crippen LogP contribution in [0.25, 0.3) is 11.0 Å². The average Bonchev–Trinajstić information content (AvgIpc) is 3.13. The van der Waals surface area contributed by atoms with E-state index in [-0.39, 0.29) is 11.6 Å². The number of fused-ring (bicyclic) bond motifs is 1. The van der Waals surface area contributed by atoms with Crippen LogP contribution in [0.1, 0.15) is 53.8 Å². The Balaban J connectivity index is 1.80. The van der Waals surface area contributed by atoms with Crippen molar-refractivity contribution in [3.8, 4) is 0 Å². The third-order valence-electron chi connectivity index (χ3n) is 5.89.